The van der Waals surface area contributed by atoms with Gasteiger partial charge in [0.25, 0.3) is 0 Å². The molecule has 160 valence electrons. The highest BCUT2D eigenvalue weighted by atomic mass is 32.2. The number of hydrogen-bond acceptors (Lipinski definition) is 6. The number of thioether (sulfide) groups is 1. The molecule has 1 saturated heterocycles. The van der Waals surface area contributed by atoms with Crippen LogP contribution in [-0.4, -0.2) is 47.8 Å². The zero-order valence-corrected chi connectivity index (χ0v) is 18.1. The lowest BCUT2D eigenvalue weighted by atomic mass is 10.2. The zero-order chi connectivity index (χ0) is 21.6. The van der Waals surface area contributed by atoms with Gasteiger partial charge in [0.1, 0.15) is 23.0 Å². The van der Waals surface area contributed by atoms with Gasteiger partial charge in [-0.15, -0.1) is 0 Å². The number of carbonyl (C=O) groups is 1. The summed E-state index contributed by atoms with van der Waals surface area (Å²) in [5, 5.41) is 3.68. The van der Waals surface area contributed by atoms with Gasteiger partial charge in [-0.3, -0.25) is 4.79 Å². The molecule has 3 aromatic rings. The number of aromatic nitrogens is 2. The minimum Gasteiger partial charge on any atom is -0.368 e. The first-order valence-electron chi connectivity index (χ1n) is 10.1. The molecular formula is C23H24FN5OS. The molecule has 1 aromatic heterocycles. The molecule has 1 N–H and O–H groups in total. The summed E-state index contributed by atoms with van der Waals surface area (Å²) in [6.07, 6.45) is 1.54. The number of carbonyl (C=O) groups excluding carboxylic acids is 1. The monoisotopic (exact) mass is 437 g/mol. The Kier molecular flexibility index (Phi) is 6.66. The molecule has 2 heterocycles. The molecular weight excluding hydrogens is 413 g/mol. The summed E-state index contributed by atoms with van der Waals surface area (Å²) in [6, 6.07) is 16.3. The predicted octanol–water partition coefficient (Wildman–Crippen LogP) is 3.98. The molecule has 6 nitrogen and oxygen atoms in total. The third-order valence-electron chi connectivity index (χ3n) is 5.08. The Labute approximate surface area is 185 Å². The van der Waals surface area contributed by atoms with Crippen LogP contribution in [0.3, 0.4) is 0 Å². The number of nitrogens with one attached hydrogen (secondary N) is 1. The van der Waals surface area contributed by atoms with E-state index in [2.05, 4.69) is 25.1 Å². The van der Waals surface area contributed by atoms with Crippen molar-refractivity contribution in [3.63, 3.8) is 0 Å². The largest absolute Gasteiger partial charge is 0.368 e. The van der Waals surface area contributed by atoms with E-state index in [1.54, 1.807) is 6.33 Å². The maximum absolute atomic E-state index is 13.1. The Morgan fingerprint density at radius 3 is 2.52 bits per heavy atom. The number of rotatable bonds is 6. The summed E-state index contributed by atoms with van der Waals surface area (Å²) in [7, 11) is 0. The van der Waals surface area contributed by atoms with Gasteiger partial charge in [0, 0.05) is 43.6 Å². The summed E-state index contributed by atoms with van der Waals surface area (Å²) in [5.74, 6) is 0.850. The number of aryl methyl sites for hydroxylation is 1. The van der Waals surface area contributed by atoms with E-state index in [-0.39, 0.29) is 17.5 Å². The Balaban J connectivity index is 1.30. The van der Waals surface area contributed by atoms with Crippen LogP contribution in [-0.2, 0) is 4.79 Å². The van der Waals surface area contributed by atoms with E-state index < -0.39 is 0 Å². The highest BCUT2D eigenvalue weighted by Gasteiger charge is 2.19. The number of nitrogens with zero attached hydrogens (tertiary/aromatic N) is 4. The Morgan fingerprint density at radius 2 is 1.77 bits per heavy atom. The lowest BCUT2D eigenvalue weighted by molar-refractivity contribution is -0.113. The van der Waals surface area contributed by atoms with Gasteiger partial charge >= 0.3 is 0 Å². The van der Waals surface area contributed by atoms with E-state index >= 15 is 0 Å². The standard InChI is InChI=1S/C23H24FN5OS/c1-17-3-2-4-19(13-17)27-22(30)15-31-23-14-21(25-16-26-23)29-11-9-28(10-12-29)20-7-5-18(24)6-8-20/h2-8,13-14,16H,9-12,15H2,1H3,(H,27,30). The molecule has 1 fully saturated rings. The van der Waals surface area contributed by atoms with Crippen molar-refractivity contribution in [3.05, 3.63) is 72.3 Å². The van der Waals surface area contributed by atoms with Gasteiger partial charge in [-0.2, -0.15) is 0 Å². The molecule has 0 spiro atoms. The van der Waals surface area contributed by atoms with Crippen molar-refractivity contribution >= 4 is 34.9 Å². The average Bonchev–Trinajstić information content (AvgIpc) is 2.79. The normalized spacial score (nSPS) is 13.9. The van der Waals surface area contributed by atoms with Crippen LogP contribution in [0.15, 0.2) is 66.0 Å². The van der Waals surface area contributed by atoms with Gasteiger partial charge in [0.05, 0.1) is 5.75 Å². The van der Waals surface area contributed by atoms with Crippen LogP contribution in [0.5, 0.6) is 0 Å². The number of benzene rings is 2. The van der Waals surface area contributed by atoms with Crippen LogP contribution in [0, 0.1) is 12.7 Å². The molecule has 0 radical (unpaired) electrons. The van der Waals surface area contributed by atoms with Gasteiger partial charge in [-0.1, -0.05) is 23.9 Å². The van der Waals surface area contributed by atoms with Crippen molar-refractivity contribution in [2.45, 2.75) is 11.9 Å². The summed E-state index contributed by atoms with van der Waals surface area (Å²) in [4.78, 5) is 25.4. The number of amides is 1. The second kappa shape index (κ2) is 9.78. The van der Waals surface area contributed by atoms with Gasteiger partial charge < -0.3 is 15.1 Å². The number of halogens is 1. The molecule has 1 amide bonds. The lowest BCUT2D eigenvalue weighted by Crippen LogP contribution is -2.46. The third kappa shape index (κ3) is 5.73. The second-order valence-electron chi connectivity index (χ2n) is 7.37. The van der Waals surface area contributed by atoms with Crippen molar-refractivity contribution in [2.24, 2.45) is 0 Å². The summed E-state index contributed by atoms with van der Waals surface area (Å²) < 4.78 is 13.1. The van der Waals surface area contributed by atoms with E-state index in [1.165, 1.54) is 23.9 Å². The highest BCUT2D eigenvalue weighted by molar-refractivity contribution is 7.99. The highest BCUT2D eigenvalue weighted by Crippen LogP contribution is 2.23. The van der Waals surface area contributed by atoms with Gasteiger partial charge in [0.15, 0.2) is 0 Å². The first-order valence-corrected chi connectivity index (χ1v) is 11.1. The van der Waals surface area contributed by atoms with Gasteiger partial charge in [-0.05, 0) is 48.9 Å². The minimum absolute atomic E-state index is 0.0660. The average molecular weight is 438 g/mol. The summed E-state index contributed by atoms with van der Waals surface area (Å²) in [6.45, 7) is 5.28. The van der Waals surface area contributed by atoms with Crippen molar-refractivity contribution < 1.29 is 9.18 Å². The molecule has 31 heavy (non-hydrogen) atoms. The zero-order valence-electron chi connectivity index (χ0n) is 17.3. The molecule has 8 heteroatoms. The predicted molar refractivity (Wildman–Crippen MR) is 123 cm³/mol. The lowest BCUT2D eigenvalue weighted by Gasteiger charge is -2.36. The molecule has 0 aliphatic carbocycles. The fourth-order valence-corrected chi connectivity index (χ4v) is 4.15. The van der Waals surface area contributed by atoms with E-state index in [4.69, 9.17) is 0 Å². The fourth-order valence-electron chi connectivity index (χ4n) is 3.49. The van der Waals surface area contributed by atoms with E-state index in [0.717, 1.165) is 54.0 Å². The SMILES string of the molecule is Cc1cccc(NC(=O)CSc2cc(N3CCN(c4ccc(F)cc4)CC3)ncn2)c1. The Morgan fingerprint density at radius 1 is 1.03 bits per heavy atom. The molecule has 0 atom stereocenters. The van der Waals surface area contributed by atoms with Crippen LogP contribution in [0.4, 0.5) is 21.6 Å². The number of hydrogen-bond donors (Lipinski definition) is 1. The maximum atomic E-state index is 13.1. The van der Waals surface area contributed by atoms with E-state index in [1.807, 2.05) is 49.4 Å². The van der Waals surface area contributed by atoms with Crippen molar-refractivity contribution in [1.29, 1.82) is 0 Å². The summed E-state index contributed by atoms with van der Waals surface area (Å²) >= 11 is 1.39. The molecule has 2 aromatic carbocycles. The molecule has 1 aliphatic heterocycles. The molecule has 1 aliphatic rings. The van der Waals surface area contributed by atoms with Gasteiger partial charge in [-0.25, -0.2) is 14.4 Å². The summed E-state index contributed by atoms with van der Waals surface area (Å²) in [5.41, 5.74) is 2.93. The van der Waals surface area contributed by atoms with Crippen LogP contribution in [0.2, 0.25) is 0 Å². The molecule has 0 saturated carbocycles. The first kappa shape index (κ1) is 21.1. The number of anilines is 3. The van der Waals surface area contributed by atoms with Crippen LogP contribution < -0.4 is 15.1 Å². The fraction of sp³-hybridized carbons (Fsp3) is 0.261. The van der Waals surface area contributed by atoms with E-state index in [9.17, 15) is 9.18 Å². The van der Waals surface area contributed by atoms with Crippen molar-refractivity contribution in [3.8, 4) is 0 Å². The van der Waals surface area contributed by atoms with Crippen LogP contribution in [0.25, 0.3) is 0 Å². The first-order chi connectivity index (χ1) is 15.1. The van der Waals surface area contributed by atoms with Gasteiger partial charge in [0.2, 0.25) is 5.91 Å². The third-order valence-corrected chi connectivity index (χ3v) is 6.00. The smallest absolute Gasteiger partial charge is 0.234 e. The van der Waals surface area contributed by atoms with E-state index in [0.29, 0.717) is 0 Å². The molecule has 0 bridgehead atoms. The minimum atomic E-state index is -0.221. The maximum Gasteiger partial charge on any atom is 0.234 e. The van der Waals surface area contributed by atoms with Crippen LogP contribution in [0.1, 0.15) is 5.56 Å². The van der Waals surface area contributed by atoms with Crippen LogP contribution >= 0.6 is 11.8 Å². The topological polar surface area (TPSA) is 61.4 Å². The quantitative estimate of drug-likeness (QED) is 0.465. The number of piperazine rings is 1. The van der Waals surface area contributed by atoms with Crippen molar-refractivity contribution in [2.75, 3.05) is 47.0 Å². The second-order valence-corrected chi connectivity index (χ2v) is 8.37. The Bertz CT molecular complexity index is 1040. The molecule has 4 rings (SSSR count). The Hall–Kier alpha value is -3.13. The van der Waals surface area contributed by atoms with Crippen molar-refractivity contribution in [1.82, 2.24) is 9.97 Å². The molecule has 0 unspecified atom stereocenters.